The number of benzene rings is 2. The lowest BCUT2D eigenvalue weighted by Gasteiger charge is -2.47. The summed E-state index contributed by atoms with van der Waals surface area (Å²) in [5.74, 6) is 4.51. The van der Waals surface area contributed by atoms with Gasteiger partial charge in [0.2, 0.25) is 0 Å². The fraction of sp³-hybridized carbons (Fsp3) is 0.632. The molecule has 2 unspecified atom stereocenters. The Morgan fingerprint density at radius 1 is 0.591 bits per heavy atom. The van der Waals surface area contributed by atoms with Crippen molar-refractivity contribution in [1.29, 1.82) is 0 Å². The number of rotatable bonds is 27. The van der Waals surface area contributed by atoms with E-state index in [2.05, 4.69) is 86.4 Å². The molecule has 44 heavy (non-hydrogen) atoms. The summed E-state index contributed by atoms with van der Waals surface area (Å²) in [6.07, 6.45) is 25.1. The third kappa shape index (κ3) is 14.3. The summed E-state index contributed by atoms with van der Waals surface area (Å²) in [4.78, 5) is 2.07. The monoisotopic (exact) mass is 708 g/mol. The van der Waals surface area contributed by atoms with Gasteiger partial charge in [-0.2, -0.15) is 50.5 Å². The van der Waals surface area contributed by atoms with Crippen molar-refractivity contribution >= 4 is 75.8 Å². The highest BCUT2D eigenvalue weighted by Gasteiger charge is 2.46. The lowest BCUT2D eigenvalue weighted by molar-refractivity contribution is 0.236. The summed E-state index contributed by atoms with van der Waals surface area (Å²) in [6, 6.07) is 17.3. The molecule has 0 saturated heterocycles. The zero-order chi connectivity index (χ0) is 31.9. The third-order valence-electron chi connectivity index (χ3n) is 9.25. The molecule has 0 nitrogen and oxygen atoms in total. The average molecular weight is 709 g/mol. The lowest BCUT2D eigenvalue weighted by Crippen LogP contribution is -2.41. The summed E-state index contributed by atoms with van der Waals surface area (Å²) in [5, 5.41) is 1.16. The van der Waals surface area contributed by atoms with E-state index < -0.39 is 0 Å². The topological polar surface area (TPSA) is 0 Å². The second kappa shape index (κ2) is 25.5. The molecule has 0 spiro atoms. The predicted octanol–water partition coefficient (Wildman–Crippen LogP) is 13.4. The van der Waals surface area contributed by atoms with Gasteiger partial charge in [-0.3, -0.25) is 0 Å². The molecule has 0 saturated carbocycles. The number of hydrogen-bond donors (Lipinski definition) is 6. The van der Waals surface area contributed by atoms with Crippen LogP contribution in [-0.2, 0) is 5.41 Å². The van der Waals surface area contributed by atoms with E-state index in [-0.39, 0.29) is 5.41 Å². The summed E-state index contributed by atoms with van der Waals surface area (Å²) in [6.45, 7) is 0. The fourth-order valence-electron chi connectivity index (χ4n) is 6.82. The highest BCUT2D eigenvalue weighted by atomic mass is 32.1. The van der Waals surface area contributed by atoms with Gasteiger partial charge in [0.1, 0.15) is 0 Å². The SMILES string of the molecule is S[CH]CCC(CCCCCCCCCCS)C(CCCCCCCCCCS)([C](S)c1ccccc1S)c1ccccc1S. The Kier molecular flexibility index (Phi) is 23.6. The number of thiol groups is 6. The van der Waals surface area contributed by atoms with Crippen molar-refractivity contribution in [3.05, 3.63) is 70.7 Å². The molecule has 2 radical (unpaired) electrons. The molecule has 248 valence electrons. The van der Waals surface area contributed by atoms with Crippen LogP contribution in [0.15, 0.2) is 58.3 Å². The van der Waals surface area contributed by atoms with Gasteiger partial charge in [0.25, 0.3) is 0 Å². The molecule has 0 amide bonds. The first-order valence-electron chi connectivity index (χ1n) is 17.3. The Morgan fingerprint density at radius 3 is 1.59 bits per heavy atom. The van der Waals surface area contributed by atoms with Crippen LogP contribution < -0.4 is 0 Å². The quantitative estimate of drug-likeness (QED) is 0.0386. The van der Waals surface area contributed by atoms with E-state index in [4.69, 9.17) is 37.9 Å². The van der Waals surface area contributed by atoms with Gasteiger partial charge in [0.15, 0.2) is 0 Å². The van der Waals surface area contributed by atoms with Gasteiger partial charge < -0.3 is 0 Å². The molecule has 2 rings (SSSR count). The van der Waals surface area contributed by atoms with Crippen LogP contribution in [0.4, 0.5) is 0 Å². The second-order valence-corrected chi connectivity index (χ2v) is 15.1. The van der Waals surface area contributed by atoms with Crippen molar-refractivity contribution < 1.29 is 0 Å². The standard InChI is InChI=1S/C38H60S6/c39-29-19-11-7-3-1-5-9-13-22-32(23-21-31-41)38(34-25-15-17-27-36(34)43,37(44)33-24-14-16-26-35(33)42)28-18-10-6-2-4-8-12-20-30-40/h14-17,24-27,31-32,39-44H,1-13,18-23,28-30H2. The van der Waals surface area contributed by atoms with E-state index in [9.17, 15) is 0 Å². The minimum atomic E-state index is -0.226. The second-order valence-electron chi connectivity index (χ2n) is 12.5. The maximum absolute atomic E-state index is 5.49. The van der Waals surface area contributed by atoms with E-state index in [1.54, 1.807) is 0 Å². The van der Waals surface area contributed by atoms with Crippen molar-refractivity contribution in [3.63, 3.8) is 0 Å². The van der Waals surface area contributed by atoms with E-state index >= 15 is 0 Å². The van der Waals surface area contributed by atoms with E-state index in [0.29, 0.717) is 5.92 Å². The first kappa shape index (κ1) is 40.7. The maximum atomic E-state index is 5.49. The first-order valence-corrected chi connectivity index (χ1v) is 20.5. The van der Waals surface area contributed by atoms with Gasteiger partial charge in [-0.05, 0) is 79.2 Å². The van der Waals surface area contributed by atoms with Crippen LogP contribution in [-0.4, -0.2) is 11.5 Å². The smallest absolute Gasteiger partial charge is 0.0682 e. The van der Waals surface area contributed by atoms with Gasteiger partial charge in [-0.25, -0.2) is 0 Å². The van der Waals surface area contributed by atoms with E-state index in [1.807, 2.05) is 5.75 Å². The summed E-state index contributed by atoms with van der Waals surface area (Å²) in [5.41, 5.74) is 2.25. The molecule has 0 aliphatic heterocycles. The molecule has 2 atom stereocenters. The molecule has 2 aromatic rings. The fourth-order valence-corrected chi connectivity index (χ4v) is 8.74. The molecule has 6 heteroatoms. The van der Waals surface area contributed by atoms with Crippen LogP contribution in [0, 0.1) is 16.9 Å². The molecular weight excluding hydrogens is 649 g/mol. The zero-order valence-corrected chi connectivity index (χ0v) is 32.4. The lowest BCUT2D eigenvalue weighted by atomic mass is 9.61. The van der Waals surface area contributed by atoms with Crippen LogP contribution >= 0.6 is 75.8 Å². The Balaban J connectivity index is 2.32. The number of hydrogen-bond acceptors (Lipinski definition) is 6. The van der Waals surface area contributed by atoms with Crippen molar-refractivity contribution in [1.82, 2.24) is 0 Å². The highest BCUT2D eigenvalue weighted by Crippen LogP contribution is 2.55. The van der Waals surface area contributed by atoms with Gasteiger partial charge in [-0.15, -0.1) is 25.3 Å². The van der Waals surface area contributed by atoms with Crippen LogP contribution in [0.1, 0.15) is 140 Å². The van der Waals surface area contributed by atoms with Crippen molar-refractivity contribution in [2.45, 2.75) is 144 Å². The molecule has 0 aliphatic rings. The van der Waals surface area contributed by atoms with Crippen LogP contribution in [0.3, 0.4) is 0 Å². The zero-order valence-electron chi connectivity index (χ0n) is 27.0. The summed E-state index contributed by atoms with van der Waals surface area (Å²) in [7, 11) is 0. The minimum absolute atomic E-state index is 0.226. The van der Waals surface area contributed by atoms with Crippen LogP contribution in [0.2, 0.25) is 0 Å². The van der Waals surface area contributed by atoms with Gasteiger partial charge in [0.05, 0.1) is 5.25 Å². The Morgan fingerprint density at radius 2 is 1.07 bits per heavy atom. The first-order chi connectivity index (χ1) is 21.5. The van der Waals surface area contributed by atoms with Crippen molar-refractivity contribution in [3.8, 4) is 0 Å². The Hall–Kier alpha value is 0.540. The van der Waals surface area contributed by atoms with Gasteiger partial charge in [-0.1, -0.05) is 126 Å². The van der Waals surface area contributed by atoms with E-state index in [0.717, 1.165) is 51.4 Å². The van der Waals surface area contributed by atoms with Crippen molar-refractivity contribution in [2.24, 2.45) is 5.92 Å². The number of unbranched alkanes of at least 4 members (excludes halogenated alkanes) is 14. The van der Waals surface area contributed by atoms with E-state index in [1.165, 1.54) is 115 Å². The Labute approximate surface area is 305 Å². The molecule has 0 fully saturated rings. The maximum Gasteiger partial charge on any atom is 0.0682 e. The summed E-state index contributed by atoms with van der Waals surface area (Å²) >= 11 is 28.8. The molecule has 2 aromatic carbocycles. The summed E-state index contributed by atoms with van der Waals surface area (Å²) < 4.78 is 0. The van der Waals surface area contributed by atoms with Crippen molar-refractivity contribution in [2.75, 3.05) is 11.5 Å². The molecule has 0 aromatic heterocycles. The normalized spacial score (nSPS) is 13.8. The highest BCUT2D eigenvalue weighted by molar-refractivity contribution is 7.84. The van der Waals surface area contributed by atoms with Crippen LogP contribution in [0.25, 0.3) is 0 Å². The molecular formula is C38H60S6. The Bertz CT molecular complexity index is 981. The predicted molar refractivity (Wildman–Crippen MR) is 217 cm³/mol. The molecule has 0 heterocycles. The third-order valence-corrected chi connectivity index (χ3v) is 11.6. The average Bonchev–Trinajstić information content (AvgIpc) is 3.03. The largest absolute Gasteiger partial charge is 0.179 e. The molecule has 0 bridgehead atoms. The van der Waals surface area contributed by atoms with Gasteiger partial charge in [0, 0.05) is 21.0 Å². The van der Waals surface area contributed by atoms with Crippen LogP contribution in [0.5, 0.6) is 0 Å². The van der Waals surface area contributed by atoms with Gasteiger partial charge >= 0.3 is 0 Å². The molecule has 0 N–H and O–H groups in total. The molecule has 0 aliphatic carbocycles. The minimum Gasteiger partial charge on any atom is -0.179 e.